The first kappa shape index (κ1) is 10.4. The van der Waals surface area contributed by atoms with Crippen molar-refractivity contribution in [3.05, 3.63) is 0 Å². The van der Waals surface area contributed by atoms with Gasteiger partial charge >= 0.3 is 0 Å². The smallest absolute Gasteiger partial charge is 0.0440 e. The van der Waals surface area contributed by atoms with Crippen LogP contribution in [0, 0.1) is 11.3 Å². The summed E-state index contributed by atoms with van der Waals surface area (Å²) in [5.74, 6) is 0.855. The van der Waals surface area contributed by atoms with Crippen LogP contribution in [0.15, 0.2) is 0 Å². The Labute approximate surface area is 87.8 Å². The number of hydrogen-bond donors (Lipinski definition) is 1. The van der Waals surface area contributed by atoms with Gasteiger partial charge in [0.1, 0.15) is 0 Å². The summed E-state index contributed by atoms with van der Waals surface area (Å²) in [6.07, 6.45) is 4.04. The predicted molar refractivity (Wildman–Crippen MR) is 60.2 cm³/mol. The van der Waals surface area contributed by atoms with Crippen molar-refractivity contribution in [2.45, 2.75) is 45.6 Å². The van der Waals surface area contributed by atoms with E-state index in [1.54, 1.807) is 0 Å². The Morgan fingerprint density at radius 1 is 1.29 bits per heavy atom. The topological polar surface area (TPSA) is 29.3 Å². The van der Waals surface area contributed by atoms with E-state index in [0.29, 0.717) is 5.41 Å². The Hall–Kier alpha value is -0.0800. The minimum atomic E-state index is 0.206. The highest BCUT2D eigenvalue weighted by molar-refractivity contribution is 5.08. The lowest BCUT2D eigenvalue weighted by atomic mass is 9.84. The van der Waals surface area contributed by atoms with E-state index in [1.165, 1.54) is 25.8 Å². The van der Waals surface area contributed by atoms with Gasteiger partial charge in [-0.2, -0.15) is 0 Å². The first-order chi connectivity index (χ1) is 6.39. The molecule has 82 valence electrons. The number of nitrogens with zero attached hydrogens (tertiary/aromatic N) is 1. The maximum Gasteiger partial charge on any atom is 0.0440 e. The summed E-state index contributed by atoms with van der Waals surface area (Å²) in [7, 11) is 0. The molecule has 1 aliphatic carbocycles. The second kappa shape index (κ2) is 3.21. The average Bonchev–Trinajstić information content (AvgIpc) is 2.75. The molecule has 2 N–H and O–H groups in total. The van der Waals surface area contributed by atoms with E-state index in [4.69, 9.17) is 5.73 Å². The van der Waals surface area contributed by atoms with Crippen LogP contribution in [0.5, 0.6) is 0 Å². The highest BCUT2D eigenvalue weighted by Crippen LogP contribution is 2.43. The van der Waals surface area contributed by atoms with Crippen LogP contribution in [0.4, 0.5) is 0 Å². The van der Waals surface area contributed by atoms with Crippen LogP contribution in [0.2, 0.25) is 0 Å². The zero-order valence-electron chi connectivity index (χ0n) is 9.84. The Bertz CT molecular complexity index is 207. The van der Waals surface area contributed by atoms with Crippen molar-refractivity contribution in [1.29, 1.82) is 0 Å². The third kappa shape index (κ3) is 2.29. The van der Waals surface area contributed by atoms with Gasteiger partial charge in [0, 0.05) is 18.6 Å². The van der Waals surface area contributed by atoms with Crippen molar-refractivity contribution in [3.63, 3.8) is 0 Å². The van der Waals surface area contributed by atoms with Crippen LogP contribution in [-0.2, 0) is 0 Å². The van der Waals surface area contributed by atoms with Crippen molar-refractivity contribution in [2.75, 3.05) is 19.6 Å². The molecule has 0 aromatic carbocycles. The van der Waals surface area contributed by atoms with Crippen LogP contribution >= 0.6 is 0 Å². The highest BCUT2D eigenvalue weighted by Gasteiger charge is 2.49. The standard InChI is InChI=1S/C12H24N2/c1-11(2,3)6-7-14-8-12(13,9-14)10-4-5-10/h10H,4-9,13H2,1-3H3. The van der Waals surface area contributed by atoms with Crippen LogP contribution in [0.25, 0.3) is 0 Å². The monoisotopic (exact) mass is 196 g/mol. The lowest BCUT2D eigenvalue weighted by Gasteiger charge is -2.49. The second-order valence-corrected chi connectivity index (χ2v) is 6.53. The summed E-state index contributed by atoms with van der Waals surface area (Å²) in [6, 6.07) is 0. The molecule has 0 bridgehead atoms. The lowest BCUT2D eigenvalue weighted by Crippen LogP contribution is -2.68. The maximum atomic E-state index is 6.30. The molecule has 0 amide bonds. The number of rotatable bonds is 3. The van der Waals surface area contributed by atoms with E-state index in [0.717, 1.165) is 19.0 Å². The molecule has 2 aliphatic rings. The second-order valence-electron chi connectivity index (χ2n) is 6.53. The Kier molecular flexibility index (Phi) is 2.39. The minimum absolute atomic E-state index is 0.206. The van der Waals surface area contributed by atoms with Crippen LogP contribution in [-0.4, -0.2) is 30.1 Å². The summed E-state index contributed by atoms with van der Waals surface area (Å²) in [4.78, 5) is 2.52. The average molecular weight is 196 g/mol. The number of hydrogen-bond acceptors (Lipinski definition) is 2. The molecule has 0 unspecified atom stereocenters. The third-order valence-electron chi connectivity index (χ3n) is 3.60. The van der Waals surface area contributed by atoms with Gasteiger partial charge in [0.15, 0.2) is 0 Å². The Balaban J connectivity index is 1.67. The molecule has 1 heterocycles. The quantitative estimate of drug-likeness (QED) is 0.746. The molecule has 1 saturated carbocycles. The molecule has 1 aliphatic heterocycles. The molecule has 0 aromatic rings. The third-order valence-corrected chi connectivity index (χ3v) is 3.60. The van der Waals surface area contributed by atoms with Gasteiger partial charge < -0.3 is 5.73 Å². The van der Waals surface area contributed by atoms with Crippen LogP contribution < -0.4 is 5.73 Å². The largest absolute Gasteiger partial charge is 0.323 e. The van der Waals surface area contributed by atoms with Gasteiger partial charge in [-0.25, -0.2) is 0 Å². The first-order valence-corrected chi connectivity index (χ1v) is 5.90. The molecule has 2 heteroatoms. The predicted octanol–water partition coefficient (Wildman–Crippen LogP) is 1.85. The van der Waals surface area contributed by atoms with Gasteiger partial charge in [-0.1, -0.05) is 20.8 Å². The fourth-order valence-corrected chi connectivity index (χ4v) is 2.35. The van der Waals surface area contributed by atoms with Gasteiger partial charge in [0.2, 0.25) is 0 Å². The highest BCUT2D eigenvalue weighted by atomic mass is 15.3. The fraction of sp³-hybridized carbons (Fsp3) is 1.00. The molecule has 14 heavy (non-hydrogen) atoms. The molecule has 2 nitrogen and oxygen atoms in total. The van der Waals surface area contributed by atoms with E-state index >= 15 is 0 Å². The fourth-order valence-electron chi connectivity index (χ4n) is 2.35. The summed E-state index contributed by atoms with van der Waals surface area (Å²) in [6.45, 7) is 10.5. The molecule has 0 spiro atoms. The normalized spacial score (nSPS) is 27.4. The van der Waals surface area contributed by atoms with Crippen molar-refractivity contribution < 1.29 is 0 Å². The lowest BCUT2D eigenvalue weighted by molar-refractivity contribution is 0.0456. The summed E-state index contributed by atoms with van der Waals surface area (Å²) in [5, 5.41) is 0. The van der Waals surface area contributed by atoms with E-state index in [2.05, 4.69) is 25.7 Å². The molecule has 0 aromatic heterocycles. The van der Waals surface area contributed by atoms with Gasteiger partial charge in [0.05, 0.1) is 0 Å². The van der Waals surface area contributed by atoms with Gasteiger partial charge in [-0.15, -0.1) is 0 Å². The summed E-state index contributed by atoms with van der Waals surface area (Å²) < 4.78 is 0. The molecular formula is C12H24N2. The van der Waals surface area contributed by atoms with E-state index < -0.39 is 0 Å². The van der Waals surface area contributed by atoms with Crippen molar-refractivity contribution in [3.8, 4) is 0 Å². The number of likely N-dealkylation sites (tertiary alicyclic amines) is 1. The SMILES string of the molecule is CC(C)(C)CCN1CC(N)(C2CC2)C1. The zero-order valence-corrected chi connectivity index (χ0v) is 9.84. The Morgan fingerprint density at radius 3 is 2.29 bits per heavy atom. The van der Waals surface area contributed by atoms with Gasteiger partial charge in [0.25, 0.3) is 0 Å². The number of nitrogens with two attached hydrogens (primary N) is 1. The van der Waals surface area contributed by atoms with Crippen LogP contribution in [0.3, 0.4) is 0 Å². The molecule has 1 saturated heterocycles. The molecule has 0 radical (unpaired) electrons. The zero-order chi connectivity index (χ0) is 10.4. The van der Waals surface area contributed by atoms with E-state index in [9.17, 15) is 0 Å². The van der Waals surface area contributed by atoms with E-state index in [1.807, 2.05) is 0 Å². The van der Waals surface area contributed by atoms with Gasteiger partial charge in [-0.3, -0.25) is 4.90 Å². The van der Waals surface area contributed by atoms with Crippen molar-refractivity contribution >= 4 is 0 Å². The van der Waals surface area contributed by atoms with Crippen molar-refractivity contribution in [2.24, 2.45) is 17.1 Å². The maximum absolute atomic E-state index is 6.30. The van der Waals surface area contributed by atoms with E-state index in [-0.39, 0.29) is 5.54 Å². The molecular weight excluding hydrogens is 172 g/mol. The Morgan fingerprint density at radius 2 is 1.86 bits per heavy atom. The molecule has 0 atom stereocenters. The molecule has 2 rings (SSSR count). The van der Waals surface area contributed by atoms with Crippen molar-refractivity contribution in [1.82, 2.24) is 4.90 Å². The first-order valence-electron chi connectivity index (χ1n) is 5.90. The minimum Gasteiger partial charge on any atom is -0.323 e. The van der Waals surface area contributed by atoms with Gasteiger partial charge in [-0.05, 0) is 37.1 Å². The summed E-state index contributed by atoms with van der Waals surface area (Å²) >= 11 is 0. The summed E-state index contributed by atoms with van der Waals surface area (Å²) in [5.41, 5.74) is 6.97. The van der Waals surface area contributed by atoms with Crippen LogP contribution in [0.1, 0.15) is 40.0 Å². The molecule has 2 fully saturated rings.